The van der Waals surface area contributed by atoms with Gasteiger partial charge in [0.1, 0.15) is 23.8 Å². The first-order valence-electron chi connectivity index (χ1n) is 10.3. The minimum absolute atomic E-state index is 0.00936. The summed E-state index contributed by atoms with van der Waals surface area (Å²) in [7, 11) is 0. The number of benzene rings is 2. The van der Waals surface area contributed by atoms with Crippen LogP contribution in [0.25, 0.3) is 11.0 Å². The Labute approximate surface area is 194 Å². The molecule has 0 aliphatic carbocycles. The average molecular weight is 459 g/mol. The monoisotopic (exact) mass is 458 g/mol. The maximum absolute atomic E-state index is 13.6. The van der Waals surface area contributed by atoms with Gasteiger partial charge in [-0.1, -0.05) is 36.4 Å². The van der Waals surface area contributed by atoms with Crippen LogP contribution in [0.5, 0.6) is 5.75 Å². The Balaban J connectivity index is 1.73. The second-order valence-electron chi connectivity index (χ2n) is 7.75. The van der Waals surface area contributed by atoms with Crippen LogP contribution in [0.2, 0.25) is 5.02 Å². The molecular weight excluding hydrogens is 440 g/mol. The molecule has 1 aliphatic rings. The van der Waals surface area contributed by atoms with Crippen molar-refractivity contribution in [3.8, 4) is 5.75 Å². The third kappa shape index (κ3) is 3.58. The number of fused-ring (bicyclic) bond motifs is 2. The van der Waals surface area contributed by atoms with Crippen LogP contribution < -0.4 is 15.1 Å². The van der Waals surface area contributed by atoms with E-state index in [1.54, 1.807) is 48.7 Å². The van der Waals surface area contributed by atoms with E-state index in [-0.39, 0.29) is 16.8 Å². The van der Waals surface area contributed by atoms with Crippen molar-refractivity contribution < 1.29 is 13.9 Å². The molecule has 0 fully saturated rings. The van der Waals surface area contributed by atoms with Crippen LogP contribution in [-0.4, -0.2) is 17.5 Å². The highest BCUT2D eigenvalue weighted by atomic mass is 35.5. The molecule has 4 aromatic rings. The van der Waals surface area contributed by atoms with E-state index >= 15 is 0 Å². The van der Waals surface area contributed by atoms with E-state index in [9.17, 15) is 9.59 Å². The summed E-state index contributed by atoms with van der Waals surface area (Å²) in [5.74, 6) is 0.676. The lowest BCUT2D eigenvalue weighted by molar-refractivity contribution is 0.0970. The molecule has 0 N–H and O–H groups in total. The van der Waals surface area contributed by atoms with Gasteiger partial charge >= 0.3 is 0 Å². The Kier molecular flexibility index (Phi) is 5.23. The summed E-state index contributed by atoms with van der Waals surface area (Å²) in [6.07, 6.45) is 3.29. The molecule has 0 spiro atoms. The summed E-state index contributed by atoms with van der Waals surface area (Å²) in [5, 5.41) is 0.737. The highest BCUT2D eigenvalue weighted by Crippen LogP contribution is 2.41. The number of aryl methyl sites for hydroxylation is 1. The van der Waals surface area contributed by atoms with Crippen LogP contribution in [0.15, 0.2) is 82.7 Å². The molecule has 0 radical (unpaired) electrons. The summed E-state index contributed by atoms with van der Waals surface area (Å²) in [4.78, 5) is 33.1. The Morgan fingerprint density at radius 3 is 2.67 bits per heavy atom. The van der Waals surface area contributed by atoms with Gasteiger partial charge in [0.15, 0.2) is 5.43 Å². The van der Waals surface area contributed by atoms with Crippen LogP contribution in [0.4, 0.5) is 5.82 Å². The summed E-state index contributed by atoms with van der Waals surface area (Å²) in [6.45, 7) is 5.94. The Bertz CT molecular complexity index is 1460. The maximum atomic E-state index is 13.6. The Morgan fingerprint density at radius 2 is 1.94 bits per heavy atom. The minimum atomic E-state index is -0.713. The number of halogens is 1. The van der Waals surface area contributed by atoms with Crippen LogP contribution >= 0.6 is 11.6 Å². The number of nitrogens with zero attached hydrogens (tertiary/aromatic N) is 2. The zero-order chi connectivity index (χ0) is 23.1. The number of carbonyl (C=O) groups excluding carboxylic acids is 1. The molecule has 2 aromatic heterocycles. The highest BCUT2D eigenvalue weighted by molar-refractivity contribution is 6.31. The number of aromatic nitrogens is 1. The number of amides is 1. The second kappa shape index (κ2) is 8.22. The number of hydrogen-bond donors (Lipinski definition) is 0. The van der Waals surface area contributed by atoms with E-state index < -0.39 is 11.9 Å². The molecule has 0 bridgehead atoms. The number of anilines is 1. The van der Waals surface area contributed by atoms with Gasteiger partial charge in [-0.3, -0.25) is 14.5 Å². The number of pyridine rings is 1. The number of rotatable bonds is 5. The van der Waals surface area contributed by atoms with Crippen molar-refractivity contribution in [3.05, 3.63) is 111 Å². The van der Waals surface area contributed by atoms with Gasteiger partial charge < -0.3 is 9.15 Å². The van der Waals surface area contributed by atoms with Crippen molar-refractivity contribution in [1.82, 2.24) is 4.98 Å². The van der Waals surface area contributed by atoms with Gasteiger partial charge in [-0.15, -0.1) is 0 Å². The molecule has 1 aliphatic heterocycles. The van der Waals surface area contributed by atoms with Crippen LogP contribution in [0.3, 0.4) is 0 Å². The van der Waals surface area contributed by atoms with E-state index in [1.807, 2.05) is 25.1 Å². The van der Waals surface area contributed by atoms with E-state index in [0.717, 1.165) is 11.1 Å². The molecule has 0 saturated heterocycles. The number of hydrogen-bond acceptors (Lipinski definition) is 5. The van der Waals surface area contributed by atoms with E-state index in [1.165, 1.54) is 4.90 Å². The SMILES string of the molecule is C=CCOc1ccc(C2c3c(oc4ccc(Cl)cc4c3=O)C(=O)N2c2cc(C)ccn2)cc1. The van der Waals surface area contributed by atoms with Gasteiger partial charge in [0.05, 0.1) is 17.0 Å². The fourth-order valence-corrected chi connectivity index (χ4v) is 4.22. The summed E-state index contributed by atoms with van der Waals surface area (Å²) >= 11 is 6.14. The van der Waals surface area contributed by atoms with Crippen molar-refractivity contribution in [2.75, 3.05) is 11.5 Å². The van der Waals surface area contributed by atoms with Crippen molar-refractivity contribution >= 4 is 34.3 Å². The molecule has 7 heteroatoms. The normalized spacial score (nSPS) is 15.0. The quantitative estimate of drug-likeness (QED) is 0.371. The molecule has 0 saturated carbocycles. The van der Waals surface area contributed by atoms with Crippen molar-refractivity contribution in [3.63, 3.8) is 0 Å². The standard InChI is InChI=1S/C26H19ClN2O4/c1-3-12-32-18-7-4-16(5-8-18)23-22-24(30)19-14-17(27)6-9-20(19)33-25(22)26(31)29(23)21-13-15(2)10-11-28-21/h3-11,13-14,23H,1,12H2,2H3. The van der Waals surface area contributed by atoms with E-state index in [4.69, 9.17) is 20.8 Å². The Hall–Kier alpha value is -3.90. The van der Waals surface area contributed by atoms with Gasteiger partial charge in [-0.2, -0.15) is 0 Å². The summed E-state index contributed by atoms with van der Waals surface area (Å²) in [6, 6.07) is 15.0. The molecule has 1 atom stereocenters. The van der Waals surface area contributed by atoms with E-state index in [0.29, 0.717) is 34.2 Å². The van der Waals surface area contributed by atoms with Crippen LogP contribution in [-0.2, 0) is 0 Å². The molecule has 1 amide bonds. The van der Waals surface area contributed by atoms with Crippen molar-refractivity contribution in [2.45, 2.75) is 13.0 Å². The lowest BCUT2D eigenvalue weighted by Crippen LogP contribution is -2.30. The predicted molar refractivity (Wildman–Crippen MR) is 127 cm³/mol. The fraction of sp³-hybridized carbons (Fsp3) is 0.115. The first-order valence-corrected chi connectivity index (χ1v) is 10.7. The summed E-state index contributed by atoms with van der Waals surface area (Å²) < 4.78 is 11.5. The zero-order valence-electron chi connectivity index (χ0n) is 17.7. The molecule has 3 heterocycles. The predicted octanol–water partition coefficient (Wildman–Crippen LogP) is 5.46. The molecular formula is C26H19ClN2O4. The fourth-order valence-electron chi connectivity index (χ4n) is 4.05. The Morgan fingerprint density at radius 1 is 1.15 bits per heavy atom. The molecule has 33 heavy (non-hydrogen) atoms. The largest absolute Gasteiger partial charge is 0.490 e. The maximum Gasteiger partial charge on any atom is 0.296 e. The van der Waals surface area contributed by atoms with Gasteiger partial charge in [0, 0.05) is 11.2 Å². The smallest absolute Gasteiger partial charge is 0.296 e. The number of ether oxygens (including phenoxy) is 1. The van der Waals surface area contributed by atoms with Gasteiger partial charge in [-0.05, 0) is 60.5 Å². The van der Waals surface area contributed by atoms with Crippen LogP contribution in [0.1, 0.15) is 33.3 Å². The number of carbonyl (C=O) groups is 1. The zero-order valence-corrected chi connectivity index (χ0v) is 18.5. The second-order valence-corrected chi connectivity index (χ2v) is 8.19. The molecule has 5 rings (SSSR count). The van der Waals surface area contributed by atoms with Crippen molar-refractivity contribution in [1.29, 1.82) is 0 Å². The van der Waals surface area contributed by atoms with Gasteiger partial charge in [0.25, 0.3) is 5.91 Å². The lowest BCUT2D eigenvalue weighted by Gasteiger charge is -2.24. The molecule has 2 aromatic carbocycles. The first kappa shape index (κ1) is 21.0. The van der Waals surface area contributed by atoms with E-state index in [2.05, 4.69) is 11.6 Å². The third-order valence-corrected chi connectivity index (χ3v) is 5.78. The van der Waals surface area contributed by atoms with Gasteiger partial charge in [0.2, 0.25) is 5.76 Å². The summed E-state index contributed by atoms with van der Waals surface area (Å²) in [5.41, 5.74) is 1.94. The molecule has 1 unspecified atom stereocenters. The highest BCUT2D eigenvalue weighted by Gasteiger charge is 2.44. The van der Waals surface area contributed by atoms with Crippen molar-refractivity contribution in [2.24, 2.45) is 0 Å². The van der Waals surface area contributed by atoms with Gasteiger partial charge in [-0.25, -0.2) is 4.98 Å². The minimum Gasteiger partial charge on any atom is -0.490 e. The van der Waals surface area contributed by atoms with Crippen LogP contribution in [0, 0.1) is 6.92 Å². The lowest BCUT2D eigenvalue weighted by atomic mass is 9.98. The third-order valence-electron chi connectivity index (χ3n) is 5.54. The average Bonchev–Trinajstić information content (AvgIpc) is 3.11. The molecule has 164 valence electrons. The first-order chi connectivity index (χ1) is 16.0. The topological polar surface area (TPSA) is 72.6 Å². The molecule has 6 nitrogen and oxygen atoms in total.